The number of thioether (sulfide) groups is 1. The minimum Gasteiger partial charge on any atom is -0.317 e. The van der Waals surface area contributed by atoms with Crippen LogP contribution in [0.1, 0.15) is 24.8 Å². The lowest BCUT2D eigenvalue weighted by molar-refractivity contribution is 0.583. The van der Waals surface area contributed by atoms with Gasteiger partial charge in [-0.05, 0) is 45.4 Å². The highest BCUT2D eigenvalue weighted by Crippen LogP contribution is 2.34. The molecular formula is C13H19NS. The monoisotopic (exact) mass is 221 g/mol. The molecule has 0 spiro atoms. The van der Waals surface area contributed by atoms with E-state index in [4.69, 9.17) is 0 Å². The van der Waals surface area contributed by atoms with Crippen LogP contribution in [0.4, 0.5) is 0 Å². The molecule has 0 aromatic heterocycles. The second kappa shape index (κ2) is 5.04. The molecule has 1 nitrogen and oxygen atoms in total. The van der Waals surface area contributed by atoms with Crippen molar-refractivity contribution in [1.29, 1.82) is 0 Å². The van der Waals surface area contributed by atoms with Crippen molar-refractivity contribution >= 4 is 11.8 Å². The molecule has 82 valence electrons. The summed E-state index contributed by atoms with van der Waals surface area (Å²) in [6.45, 7) is 2.16. The van der Waals surface area contributed by atoms with Gasteiger partial charge in [-0.1, -0.05) is 17.7 Å². The van der Waals surface area contributed by atoms with Gasteiger partial charge in [-0.25, -0.2) is 0 Å². The van der Waals surface area contributed by atoms with E-state index in [1.54, 1.807) is 0 Å². The van der Waals surface area contributed by atoms with Gasteiger partial charge in [-0.15, -0.1) is 11.8 Å². The first kappa shape index (κ1) is 11.0. The quantitative estimate of drug-likeness (QED) is 0.841. The van der Waals surface area contributed by atoms with E-state index < -0.39 is 0 Å². The van der Waals surface area contributed by atoms with Crippen LogP contribution in [0.3, 0.4) is 0 Å². The Hall–Kier alpha value is -0.470. The first-order valence-corrected chi connectivity index (χ1v) is 6.56. The van der Waals surface area contributed by atoms with E-state index in [1.807, 2.05) is 11.8 Å². The Morgan fingerprint density at radius 3 is 2.87 bits per heavy atom. The van der Waals surface area contributed by atoms with Crippen LogP contribution in [0.15, 0.2) is 29.2 Å². The molecule has 2 atom stereocenters. The highest BCUT2D eigenvalue weighted by molar-refractivity contribution is 8.00. The SMILES string of the molecule is CNC1CCC(Sc2cccc(C)c2)C1. The molecule has 1 N–H and O–H groups in total. The van der Waals surface area contributed by atoms with Gasteiger partial charge in [0.25, 0.3) is 0 Å². The van der Waals surface area contributed by atoms with Gasteiger partial charge < -0.3 is 5.32 Å². The normalized spacial score (nSPS) is 25.7. The molecule has 1 saturated carbocycles. The Morgan fingerprint density at radius 1 is 1.33 bits per heavy atom. The van der Waals surface area contributed by atoms with Crippen LogP contribution >= 0.6 is 11.8 Å². The third kappa shape index (κ3) is 2.99. The molecule has 0 radical (unpaired) electrons. The summed E-state index contributed by atoms with van der Waals surface area (Å²) in [7, 11) is 2.07. The molecule has 0 amide bonds. The van der Waals surface area contributed by atoms with Gasteiger partial charge in [0, 0.05) is 16.2 Å². The first-order chi connectivity index (χ1) is 7.28. The van der Waals surface area contributed by atoms with Gasteiger partial charge in [0.15, 0.2) is 0 Å². The third-order valence-electron chi connectivity index (χ3n) is 3.09. The third-order valence-corrected chi connectivity index (χ3v) is 4.37. The fourth-order valence-electron chi connectivity index (χ4n) is 2.19. The molecule has 0 heterocycles. The molecule has 0 aliphatic heterocycles. The van der Waals surface area contributed by atoms with Crippen molar-refractivity contribution in [2.75, 3.05) is 7.05 Å². The van der Waals surface area contributed by atoms with Gasteiger partial charge in [0.1, 0.15) is 0 Å². The summed E-state index contributed by atoms with van der Waals surface area (Å²) < 4.78 is 0. The zero-order valence-electron chi connectivity index (χ0n) is 9.49. The molecule has 1 fully saturated rings. The molecule has 2 unspecified atom stereocenters. The second-order valence-corrected chi connectivity index (χ2v) is 5.73. The number of aryl methyl sites for hydroxylation is 1. The van der Waals surface area contributed by atoms with Crippen LogP contribution < -0.4 is 5.32 Å². The summed E-state index contributed by atoms with van der Waals surface area (Å²) in [5.74, 6) is 0. The van der Waals surface area contributed by atoms with E-state index in [2.05, 4.69) is 43.6 Å². The smallest absolute Gasteiger partial charge is 0.0110 e. The van der Waals surface area contributed by atoms with Crippen molar-refractivity contribution in [3.8, 4) is 0 Å². The zero-order valence-corrected chi connectivity index (χ0v) is 10.3. The number of benzene rings is 1. The summed E-state index contributed by atoms with van der Waals surface area (Å²) in [5, 5.41) is 4.19. The van der Waals surface area contributed by atoms with Gasteiger partial charge in [-0.2, -0.15) is 0 Å². The zero-order chi connectivity index (χ0) is 10.7. The van der Waals surface area contributed by atoms with Crippen molar-refractivity contribution in [3.63, 3.8) is 0 Å². The van der Waals surface area contributed by atoms with Crippen LogP contribution in [-0.2, 0) is 0 Å². The maximum atomic E-state index is 3.38. The average molecular weight is 221 g/mol. The second-order valence-electron chi connectivity index (χ2n) is 4.36. The van der Waals surface area contributed by atoms with Crippen molar-refractivity contribution in [1.82, 2.24) is 5.32 Å². The average Bonchev–Trinajstić information content (AvgIpc) is 2.65. The van der Waals surface area contributed by atoms with Crippen molar-refractivity contribution in [2.24, 2.45) is 0 Å². The highest BCUT2D eigenvalue weighted by Gasteiger charge is 2.23. The van der Waals surface area contributed by atoms with E-state index in [0.29, 0.717) is 0 Å². The molecule has 1 aliphatic carbocycles. The van der Waals surface area contributed by atoms with E-state index in [9.17, 15) is 0 Å². The Bertz CT molecular complexity index is 324. The lowest BCUT2D eigenvalue weighted by Crippen LogP contribution is -2.21. The van der Waals surface area contributed by atoms with Crippen LogP contribution in [0.25, 0.3) is 0 Å². The van der Waals surface area contributed by atoms with E-state index in [0.717, 1.165) is 11.3 Å². The molecule has 0 bridgehead atoms. The predicted octanol–water partition coefficient (Wildman–Crippen LogP) is 3.23. The number of nitrogens with one attached hydrogen (secondary N) is 1. The summed E-state index contributed by atoms with van der Waals surface area (Å²) >= 11 is 2.04. The van der Waals surface area contributed by atoms with Gasteiger partial charge in [0.2, 0.25) is 0 Å². The molecule has 15 heavy (non-hydrogen) atoms. The van der Waals surface area contributed by atoms with E-state index in [1.165, 1.54) is 29.7 Å². The van der Waals surface area contributed by atoms with Crippen LogP contribution in [-0.4, -0.2) is 18.3 Å². The molecule has 1 aliphatic rings. The Labute approximate surface area is 96.7 Å². The standard InChI is InChI=1S/C13H19NS/c1-10-4-3-5-12(8-10)15-13-7-6-11(9-13)14-2/h3-5,8,11,13-14H,6-7,9H2,1-2H3. The molecule has 0 saturated heterocycles. The van der Waals surface area contributed by atoms with Crippen LogP contribution in [0, 0.1) is 6.92 Å². The largest absolute Gasteiger partial charge is 0.317 e. The number of hydrogen-bond donors (Lipinski definition) is 1. The first-order valence-electron chi connectivity index (χ1n) is 5.68. The Kier molecular flexibility index (Phi) is 3.71. The topological polar surface area (TPSA) is 12.0 Å². The Morgan fingerprint density at radius 2 is 2.20 bits per heavy atom. The lowest BCUT2D eigenvalue weighted by atomic mass is 10.2. The van der Waals surface area contributed by atoms with Crippen molar-refractivity contribution in [3.05, 3.63) is 29.8 Å². The minimum atomic E-state index is 0.743. The number of rotatable bonds is 3. The summed E-state index contributed by atoms with van der Waals surface area (Å²) in [5.41, 5.74) is 1.36. The number of hydrogen-bond acceptors (Lipinski definition) is 2. The fraction of sp³-hybridized carbons (Fsp3) is 0.538. The lowest BCUT2D eigenvalue weighted by Gasteiger charge is -2.10. The molecule has 1 aromatic rings. The van der Waals surface area contributed by atoms with Gasteiger partial charge >= 0.3 is 0 Å². The van der Waals surface area contributed by atoms with Crippen LogP contribution in [0.2, 0.25) is 0 Å². The summed E-state index contributed by atoms with van der Waals surface area (Å²) in [4.78, 5) is 1.43. The van der Waals surface area contributed by atoms with Gasteiger partial charge in [0.05, 0.1) is 0 Å². The van der Waals surface area contributed by atoms with E-state index in [-0.39, 0.29) is 0 Å². The molecule has 2 rings (SSSR count). The van der Waals surface area contributed by atoms with Crippen LogP contribution in [0.5, 0.6) is 0 Å². The highest BCUT2D eigenvalue weighted by atomic mass is 32.2. The molecular weight excluding hydrogens is 202 g/mol. The van der Waals surface area contributed by atoms with E-state index >= 15 is 0 Å². The maximum Gasteiger partial charge on any atom is 0.0110 e. The molecule has 1 aromatic carbocycles. The maximum absolute atomic E-state index is 3.38. The fourth-order valence-corrected chi connectivity index (χ4v) is 3.57. The minimum absolute atomic E-state index is 0.743. The summed E-state index contributed by atoms with van der Waals surface area (Å²) in [6.07, 6.45) is 4.00. The van der Waals surface area contributed by atoms with Crippen molar-refractivity contribution in [2.45, 2.75) is 42.4 Å². The molecule has 2 heteroatoms. The van der Waals surface area contributed by atoms with Crippen molar-refractivity contribution < 1.29 is 0 Å². The van der Waals surface area contributed by atoms with Gasteiger partial charge in [-0.3, -0.25) is 0 Å². The predicted molar refractivity (Wildman–Crippen MR) is 67.5 cm³/mol. The Balaban J connectivity index is 1.92. The summed E-state index contributed by atoms with van der Waals surface area (Å²) in [6, 6.07) is 9.58.